The molecule has 0 saturated carbocycles. The quantitative estimate of drug-likeness (QED) is 0.800. The Morgan fingerprint density at radius 2 is 1.87 bits per heavy atom. The Balaban J connectivity index is 1.81. The van der Waals surface area contributed by atoms with E-state index in [1.165, 1.54) is 10.6 Å². The number of hydrogen-bond donors (Lipinski definition) is 0. The minimum Gasteiger partial charge on any atom is -0.337 e. The summed E-state index contributed by atoms with van der Waals surface area (Å²) >= 11 is 0. The molecule has 2 heterocycles. The van der Waals surface area contributed by atoms with Crippen molar-refractivity contribution in [1.29, 1.82) is 0 Å². The van der Waals surface area contributed by atoms with Crippen LogP contribution in [0, 0.1) is 0 Å². The van der Waals surface area contributed by atoms with Crippen molar-refractivity contribution in [3.8, 4) is 0 Å². The number of amides is 1. The molecule has 1 aromatic carbocycles. The van der Waals surface area contributed by atoms with Gasteiger partial charge in [0.2, 0.25) is 10.0 Å². The molecule has 0 bridgehead atoms. The maximum atomic E-state index is 12.7. The molecular weight excluding hydrogens is 314 g/mol. The third kappa shape index (κ3) is 3.35. The summed E-state index contributed by atoms with van der Waals surface area (Å²) < 4.78 is 25.0. The van der Waals surface area contributed by atoms with Gasteiger partial charge in [-0.1, -0.05) is 0 Å². The van der Waals surface area contributed by atoms with Crippen molar-refractivity contribution >= 4 is 21.6 Å². The van der Waals surface area contributed by atoms with Crippen LogP contribution in [0.5, 0.6) is 0 Å². The Kier molecular flexibility index (Phi) is 4.33. The number of anilines is 1. The van der Waals surface area contributed by atoms with E-state index in [1.54, 1.807) is 12.1 Å². The van der Waals surface area contributed by atoms with Gasteiger partial charge in [0.1, 0.15) is 0 Å². The summed E-state index contributed by atoms with van der Waals surface area (Å²) in [6, 6.07) is 5.37. The van der Waals surface area contributed by atoms with Crippen LogP contribution in [0.25, 0.3) is 0 Å². The van der Waals surface area contributed by atoms with Crippen molar-refractivity contribution in [2.24, 2.45) is 0 Å². The van der Waals surface area contributed by atoms with Crippen LogP contribution in [0.3, 0.4) is 0 Å². The first-order valence-electron chi connectivity index (χ1n) is 7.95. The average Bonchev–Trinajstić information content (AvgIpc) is 2.81. The molecule has 6 nitrogen and oxygen atoms in total. The van der Waals surface area contributed by atoms with E-state index in [1.807, 2.05) is 11.0 Å². The average molecular weight is 337 g/mol. The molecule has 1 aromatic rings. The lowest BCUT2D eigenvalue weighted by Crippen LogP contribution is -2.34. The van der Waals surface area contributed by atoms with Gasteiger partial charge in [-0.2, -0.15) is 0 Å². The van der Waals surface area contributed by atoms with Crippen molar-refractivity contribution in [2.45, 2.75) is 12.8 Å². The van der Waals surface area contributed by atoms with E-state index in [0.29, 0.717) is 24.2 Å². The van der Waals surface area contributed by atoms with Gasteiger partial charge in [-0.05, 0) is 50.2 Å². The van der Waals surface area contributed by atoms with Gasteiger partial charge in [-0.3, -0.25) is 9.10 Å². The van der Waals surface area contributed by atoms with Gasteiger partial charge in [-0.25, -0.2) is 8.42 Å². The SMILES string of the molecule is CN1CCCN(C(=O)c2ccc3c(c2)CCN3S(C)(=O)=O)CC1. The van der Waals surface area contributed by atoms with E-state index in [0.717, 1.165) is 38.2 Å². The largest absolute Gasteiger partial charge is 0.337 e. The van der Waals surface area contributed by atoms with Crippen LogP contribution >= 0.6 is 0 Å². The maximum Gasteiger partial charge on any atom is 0.253 e. The number of fused-ring (bicyclic) bond motifs is 1. The van der Waals surface area contributed by atoms with E-state index in [9.17, 15) is 13.2 Å². The first kappa shape index (κ1) is 16.3. The fourth-order valence-electron chi connectivity index (χ4n) is 3.28. The Bertz CT molecular complexity index is 717. The predicted octanol–water partition coefficient (Wildman–Crippen LogP) is 0.786. The molecular formula is C16H23N3O3S. The summed E-state index contributed by atoms with van der Waals surface area (Å²) in [5.41, 5.74) is 2.30. The second kappa shape index (κ2) is 6.13. The van der Waals surface area contributed by atoms with E-state index in [2.05, 4.69) is 11.9 Å². The molecule has 0 unspecified atom stereocenters. The molecule has 0 atom stereocenters. The molecule has 1 fully saturated rings. The molecule has 1 amide bonds. The van der Waals surface area contributed by atoms with Crippen LogP contribution in [-0.4, -0.2) is 70.2 Å². The summed E-state index contributed by atoms with van der Waals surface area (Å²) in [5.74, 6) is 0.0425. The Labute approximate surface area is 137 Å². The molecule has 23 heavy (non-hydrogen) atoms. The van der Waals surface area contributed by atoms with E-state index >= 15 is 0 Å². The van der Waals surface area contributed by atoms with E-state index in [-0.39, 0.29) is 5.91 Å². The summed E-state index contributed by atoms with van der Waals surface area (Å²) in [6.45, 7) is 3.87. The zero-order valence-electron chi connectivity index (χ0n) is 13.7. The minimum atomic E-state index is -3.25. The summed E-state index contributed by atoms with van der Waals surface area (Å²) in [7, 11) is -1.18. The first-order chi connectivity index (χ1) is 10.9. The maximum absolute atomic E-state index is 12.7. The van der Waals surface area contributed by atoms with Crippen LogP contribution in [0.15, 0.2) is 18.2 Å². The predicted molar refractivity (Wildman–Crippen MR) is 90.4 cm³/mol. The lowest BCUT2D eigenvalue weighted by atomic mass is 10.1. The number of rotatable bonds is 2. The second-order valence-corrected chi connectivity index (χ2v) is 8.28. The smallest absolute Gasteiger partial charge is 0.253 e. The minimum absolute atomic E-state index is 0.0425. The number of hydrogen-bond acceptors (Lipinski definition) is 4. The van der Waals surface area contributed by atoms with E-state index in [4.69, 9.17) is 0 Å². The van der Waals surface area contributed by atoms with Crippen LogP contribution in [0.2, 0.25) is 0 Å². The van der Waals surface area contributed by atoms with Gasteiger partial charge >= 0.3 is 0 Å². The monoisotopic (exact) mass is 337 g/mol. The second-order valence-electron chi connectivity index (χ2n) is 6.38. The number of likely N-dealkylation sites (N-methyl/N-ethyl adjacent to an activating group) is 1. The van der Waals surface area contributed by atoms with Crippen LogP contribution in [0.4, 0.5) is 5.69 Å². The molecule has 0 aromatic heterocycles. The molecule has 2 aliphatic rings. The molecule has 0 aliphatic carbocycles. The van der Waals surface area contributed by atoms with Crippen molar-refractivity contribution in [3.63, 3.8) is 0 Å². The zero-order chi connectivity index (χ0) is 16.6. The fourth-order valence-corrected chi connectivity index (χ4v) is 4.24. The fraction of sp³-hybridized carbons (Fsp3) is 0.562. The lowest BCUT2D eigenvalue weighted by Gasteiger charge is -2.21. The summed E-state index contributed by atoms with van der Waals surface area (Å²) in [6.07, 6.45) is 2.86. The van der Waals surface area contributed by atoms with Crippen LogP contribution in [0.1, 0.15) is 22.3 Å². The van der Waals surface area contributed by atoms with Gasteiger partial charge in [0.15, 0.2) is 0 Å². The highest BCUT2D eigenvalue weighted by Crippen LogP contribution is 2.31. The van der Waals surface area contributed by atoms with Gasteiger partial charge < -0.3 is 9.80 Å². The topological polar surface area (TPSA) is 60.9 Å². The number of carbonyl (C=O) groups is 1. The molecule has 126 valence electrons. The standard InChI is InChI=1S/C16H23N3O3S/c1-17-7-3-8-18(11-10-17)16(20)14-4-5-15-13(12-14)6-9-19(15)23(2,21)22/h4-5,12H,3,6-11H2,1-2H3. The Morgan fingerprint density at radius 1 is 1.09 bits per heavy atom. The highest BCUT2D eigenvalue weighted by atomic mass is 32.2. The number of benzene rings is 1. The number of carbonyl (C=O) groups excluding carboxylic acids is 1. The highest BCUT2D eigenvalue weighted by molar-refractivity contribution is 7.92. The van der Waals surface area contributed by atoms with Crippen molar-refractivity contribution in [3.05, 3.63) is 29.3 Å². The van der Waals surface area contributed by atoms with Crippen LogP contribution in [-0.2, 0) is 16.4 Å². The third-order valence-electron chi connectivity index (χ3n) is 4.59. The highest BCUT2D eigenvalue weighted by Gasteiger charge is 2.27. The number of nitrogens with zero attached hydrogens (tertiary/aromatic N) is 3. The van der Waals surface area contributed by atoms with Crippen molar-refractivity contribution in [2.75, 3.05) is 50.3 Å². The van der Waals surface area contributed by atoms with E-state index < -0.39 is 10.0 Å². The summed E-state index contributed by atoms with van der Waals surface area (Å²) in [5, 5.41) is 0. The van der Waals surface area contributed by atoms with Crippen LogP contribution < -0.4 is 4.31 Å². The first-order valence-corrected chi connectivity index (χ1v) is 9.79. The third-order valence-corrected chi connectivity index (χ3v) is 5.77. The summed E-state index contributed by atoms with van der Waals surface area (Å²) in [4.78, 5) is 16.8. The van der Waals surface area contributed by atoms with Crippen molar-refractivity contribution in [1.82, 2.24) is 9.80 Å². The Hall–Kier alpha value is -1.60. The van der Waals surface area contributed by atoms with Gasteiger partial charge in [0.25, 0.3) is 5.91 Å². The molecule has 0 N–H and O–H groups in total. The molecule has 2 aliphatic heterocycles. The molecule has 0 radical (unpaired) electrons. The zero-order valence-corrected chi connectivity index (χ0v) is 14.5. The number of sulfonamides is 1. The molecule has 1 saturated heterocycles. The lowest BCUT2D eigenvalue weighted by molar-refractivity contribution is 0.0762. The van der Waals surface area contributed by atoms with Crippen molar-refractivity contribution < 1.29 is 13.2 Å². The molecule has 7 heteroatoms. The van der Waals surface area contributed by atoms with Gasteiger partial charge in [0.05, 0.1) is 11.9 Å². The normalized spacial score (nSPS) is 19.6. The van der Waals surface area contributed by atoms with Gasteiger partial charge in [0, 0.05) is 31.7 Å². The Morgan fingerprint density at radius 3 is 2.61 bits per heavy atom. The molecule has 3 rings (SSSR count). The van der Waals surface area contributed by atoms with Gasteiger partial charge in [-0.15, -0.1) is 0 Å². The molecule has 0 spiro atoms.